The first-order chi connectivity index (χ1) is 9.04. The third-order valence-electron chi connectivity index (χ3n) is 2.67. The predicted molar refractivity (Wildman–Crippen MR) is 84.0 cm³/mol. The highest BCUT2D eigenvalue weighted by Gasteiger charge is 2.22. The van der Waals surface area contributed by atoms with Crippen molar-refractivity contribution >= 4 is 50.5 Å². The molecule has 1 nitrogen and oxygen atoms in total. The van der Waals surface area contributed by atoms with Crippen LogP contribution in [0, 0.1) is 5.82 Å². The van der Waals surface area contributed by atoms with Gasteiger partial charge in [0.25, 0.3) is 0 Å². The van der Waals surface area contributed by atoms with Crippen molar-refractivity contribution in [1.29, 1.82) is 0 Å². The molecule has 19 heavy (non-hydrogen) atoms. The lowest BCUT2D eigenvalue weighted by Gasteiger charge is -2.19. The van der Waals surface area contributed by atoms with Gasteiger partial charge < -0.3 is 5.32 Å². The molecule has 0 spiro atoms. The molecule has 1 aromatic carbocycles. The van der Waals surface area contributed by atoms with Gasteiger partial charge in [0.05, 0.1) is 16.1 Å². The van der Waals surface area contributed by atoms with Gasteiger partial charge in [-0.2, -0.15) is 0 Å². The van der Waals surface area contributed by atoms with E-state index in [1.165, 1.54) is 17.4 Å². The molecular weight excluding hydrogens is 372 g/mol. The first kappa shape index (κ1) is 15.3. The Bertz CT molecular complexity index is 588. The van der Waals surface area contributed by atoms with Gasteiger partial charge in [-0.05, 0) is 46.1 Å². The summed E-state index contributed by atoms with van der Waals surface area (Å²) in [7, 11) is 0. The van der Waals surface area contributed by atoms with Crippen molar-refractivity contribution in [2.24, 2.45) is 0 Å². The molecule has 1 N–H and O–H groups in total. The Balaban J connectivity index is 2.51. The van der Waals surface area contributed by atoms with E-state index in [4.69, 9.17) is 23.2 Å². The van der Waals surface area contributed by atoms with Crippen LogP contribution in [-0.2, 0) is 0 Å². The van der Waals surface area contributed by atoms with E-state index in [9.17, 15) is 4.39 Å². The number of thiophene rings is 1. The van der Waals surface area contributed by atoms with Gasteiger partial charge in [0.2, 0.25) is 0 Å². The summed E-state index contributed by atoms with van der Waals surface area (Å²) in [5, 5.41) is 6.24. The average molecular weight is 383 g/mol. The summed E-state index contributed by atoms with van der Waals surface area (Å²) in [6.07, 6.45) is 0. The molecule has 1 aromatic heterocycles. The first-order valence-electron chi connectivity index (χ1n) is 5.65. The van der Waals surface area contributed by atoms with Crippen molar-refractivity contribution in [2.75, 3.05) is 6.54 Å². The molecule has 1 unspecified atom stereocenters. The fourth-order valence-electron chi connectivity index (χ4n) is 1.82. The Hall–Kier alpha value is -0.130. The van der Waals surface area contributed by atoms with Crippen LogP contribution in [0.15, 0.2) is 28.1 Å². The fourth-order valence-corrected chi connectivity index (χ4v) is 3.56. The van der Waals surface area contributed by atoms with E-state index >= 15 is 0 Å². The number of hydrogen-bond acceptors (Lipinski definition) is 2. The summed E-state index contributed by atoms with van der Waals surface area (Å²) in [4.78, 5) is 0.890. The zero-order valence-corrected chi connectivity index (χ0v) is 13.9. The van der Waals surface area contributed by atoms with Gasteiger partial charge in [0.1, 0.15) is 5.82 Å². The molecule has 0 aliphatic carbocycles. The van der Waals surface area contributed by atoms with Gasteiger partial charge in [0.15, 0.2) is 0 Å². The number of nitrogens with one attached hydrogen (secondary N) is 1. The summed E-state index contributed by atoms with van der Waals surface area (Å²) in [6, 6.07) is 4.53. The Kier molecular flexibility index (Phi) is 5.26. The van der Waals surface area contributed by atoms with Gasteiger partial charge >= 0.3 is 0 Å². The largest absolute Gasteiger partial charge is 0.306 e. The topological polar surface area (TPSA) is 12.0 Å². The molecule has 6 heteroatoms. The average Bonchev–Trinajstić information content (AvgIpc) is 2.77. The predicted octanol–water partition coefficient (Wildman–Crippen LogP) is 5.66. The quantitative estimate of drug-likeness (QED) is 0.673. The maximum absolute atomic E-state index is 14.2. The molecule has 1 heterocycles. The maximum Gasteiger partial charge on any atom is 0.129 e. The van der Waals surface area contributed by atoms with Crippen LogP contribution in [0.2, 0.25) is 10.0 Å². The number of rotatable bonds is 4. The lowest BCUT2D eigenvalue weighted by Crippen LogP contribution is -2.22. The molecule has 0 amide bonds. The highest BCUT2D eigenvalue weighted by Crippen LogP contribution is 2.36. The van der Waals surface area contributed by atoms with E-state index in [0.29, 0.717) is 26.6 Å². The Labute approximate surface area is 133 Å². The summed E-state index contributed by atoms with van der Waals surface area (Å²) in [6.45, 7) is 2.67. The Morgan fingerprint density at radius 3 is 2.68 bits per heavy atom. The molecular formula is C13H11BrCl2FNS. The molecule has 0 bridgehead atoms. The molecule has 0 aliphatic rings. The number of halogens is 4. The van der Waals surface area contributed by atoms with E-state index in [1.807, 2.05) is 18.4 Å². The molecule has 0 radical (unpaired) electrons. The fraction of sp³-hybridized carbons (Fsp3) is 0.231. The molecule has 102 valence electrons. The van der Waals surface area contributed by atoms with E-state index in [1.54, 1.807) is 6.07 Å². The summed E-state index contributed by atoms with van der Waals surface area (Å²) < 4.78 is 14.7. The molecule has 1 atom stereocenters. The SMILES string of the molecule is CCNC(c1cc(Cl)c(Br)cc1F)c1sccc1Cl. The summed E-state index contributed by atoms with van der Waals surface area (Å²) >= 11 is 16.9. The third kappa shape index (κ3) is 3.31. The van der Waals surface area contributed by atoms with Crippen molar-refractivity contribution in [3.8, 4) is 0 Å². The van der Waals surface area contributed by atoms with Crippen molar-refractivity contribution in [1.82, 2.24) is 5.32 Å². The smallest absolute Gasteiger partial charge is 0.129 e. The molecule has 0 aliphatic heterocycles. The second-order valence-corrected chi connectivity index (χ2v) is 6.53. The van der Waals surface area contributed by atoms with Gasteiger partial charge in [-0.1, -0.05) is 30.1 Å². The minimum atomic E-state index is -0.313. The highest BCUT2D eigenvalue weighted by atomic mass is 79.9. The van der Waals surface area contributed by atoms with Crippen LogP contribution >= 0.6 is 50.5 Å². The van der Waals surface area contributed by atoms with Crippen LogP contribution in [0.1, 0.15) is 23.4 Å². The van der Waals surface area contributed by atoms with Crippen molar-refractivity contribution < 1.29 is 4.39 Å². The van der Waals surface area contributed by atoms with Crippen LogP contribution in [-0.4, -0.2) is 6.54 Å². The zero-order chi connectivity index (χ0) is 14.0. The van der Waals surface area contributed by atoms with Gasteiger partial charge in [0, 0.05) is 14.9 Å². The Morgan fingerprint density at radius 1 is 1.37 bits per heavy atom. The van der Waals surface area contributed by atoms with E-state index < -0.39 is 0 Å². The van der Waals surface area contributed by atoms with Crippen LogP contribution < -0.4 is 5.32 Å². The summed E-state index contributed by atoms with van der Waals surface area (Å²) in [5.74, 6) is -0.313. The zero-order valence-electron chi connectivity index (χ0n) is 10.0. The van der Waals surface area contributed by atoms with Crippen LogP contribution in [0.25, 0.3) is 0 Å². The minimum Gasteiger partial charge on any atom is -0.306 e. The number of hydrogen-bond donors (Lipinski definition) is 1. The second kappa shape index (κ2) is 6.55. The molecule has 2 rings (SSSR count). The van der Waals surface area contributed by atoms with Gasteiger partial charge in [-0.25, -0.2) is 4.39 Å². The van der Waals surface area contributed by atoms with Crippen LogP contribution in [0.4, 0.5) is 4.39 Å². The highest BCUT2D eigenvalue weighted by molar-refractivity contribution is 9.10. The van der Waals surface area contributed by atoms with Crippen molar-refractivity contribution in [3.63, 3.8) is 0 Å². The molecule has 0 saturated heterocycles. The monoisotopic (exact) mass is 381 g/mol. The number of benzene rings is 1. The van der Waals surface area contributed by atoms with E-state index in [-0.39, 0.29) is 11.9 Å². The van der Waals surface area contributed by atoms with Crippen LogP contribution in [0.3, 0.4) is 0 Å². The minimum absolute atomic E-state index is 0.289. The maximum atomic E-state index is 14.2. The standard InChI is InChI=1S/C13H11BrCl2FNS/c1-2-18-12(13-9(15)3-4-19-13)7-5-10(16)8(14)6-11(7)17/h3-6,12,18H,2H2,1H3. The molecule has 0 saturated carbocycles. The summed E-state index contributed by atoms with van der Waals surface area (Å²) in [5.41, 5.74) is 0.499. The van der Waals surface area contributed by atoms with Gasteiger partial charge in [-0.3, -0.25) is 0 Å². The van der Waals surface area contributed by atoms with E-state index in [0.717, 1.165) is 4.88 Å². The first-order valence-corrected chi connectivity index (χ1v) is 8.08. The van der Waals surface area contributed by atoms with Gasteiger partial charge in [-0.15, -0.1) is 11.3 Å². The van der Waals surface area contributed by atoms with E-state index in [2.05, 4.69) is 21.2 Å². The lowest BCUT2D eigenvalue weighted by molar-refractivity contribution is 0.562. The molecule has 0 fully saturated rings. The molecule has 2 aromatic rings. The Morgan fingerprint density at radius 2 is 2.11 bits per heavy atom. The van der Waals surface area contributed by atoms with Crippen molar-refractivity contribution in [3.05, 3.63) is 54.4 Å². The van der Waals surface area contributed by atoms with Crippen molar-refractivity contribution in [2.45, 2.75) is 13.0 Å². The third-order valence-corrected chi connectivity index (χ3v) is 5.29. The second-order valence-electron chi connectivity index (χ2n) is 3.91. The van der Waals surface area contributed by atoms with Crippen LogP contribution in [0.5, 0.6) is 0 Å². The normalized spacial score (nSPS) is 12.7. The lowest BCUT2D eigenvalue weighted by atomic mass is 10.0.